The fourth-order valence-corrected chi connectivity index (χ4v) is 5.92. The number of anilines is 1. The van der Waals surface area contributed by atoms with Crippen LogP contribution in [0.25, 0.3) is 10.2 Å². The van der Waals surface area contributed by atoms with E-state index in [1.54, 1.807) is 0 Å². The first-order valence-corrected chi connectivity index (χ1v) is 13.6. The molecule has 0 aliphatic carbocycles. The maximum Gasteiger partial charge on any atom is 0.258 e. The predicted molar refractivity (Wildman–Crippen MR) is 145 cm³/mol. The number of fused-ring (bicyclic) bond motifs is 3. The molecule has 2 amide bonds. The number of nitrogens with zero attached hydrogens (tertiary/aromatic N) is 2. The van der Waals surface area contributed by atoms with Crippen molar-refractivity contribution in [3.05, 3.63) is 60.2 Å². The van der Waals surface area contributed by atoms with Crippen LogP contribution in [0.5, 0.6) is 11.5 Å². The molecule has 0 saturated carbocycles. The number of benzene rings is 2. The Kier molecular flexibility index (Phi) is 8.01. The molecular weight excluding hydrogens is 488 g/mol. The second kappa shape index (κ2) is 11.7. The van der Waals surface area contributed by atoms with Gasteiger partial charge < -0.3 is 20.1 Å². The topological polar surface area (TPSA) is 92.8 Å². The molecule has 5 rings (SSSR count). The molecule has 0 bridgehead atoms. The molecule has 2 aromatic carbocycles. The predicted octanol–water partition coefficient (Wildman–Crippen LogP) is 4.16. The third-order valence-electron chi connectivity index (χ3n) is 6.72. The van der Waals surface area contributed by atoms with Crippen LogP contribution in [-0.4, -0.2) is 60.1 Å². The molecule has 9 heteroatoms. The quantitative estimate of drug-likeness (QED) is 0.491. The summed E-state index contributed by atoms with van der Waals surface area (Å²) in [5.74, 6) is 1.29. The number of thiazole rings is 1. The third kappa shape index (κ3) is 6.29. The monoisotopic (exact) mass is 520 g/mol. The van der Waals surface area contributed by atoms with E-state index in [4.69, 9.17) is 9.47 Å². The summed E-state index contributed by atoms with van der Waals surface area (Å²) in [7, 11) is 0. The van der Waals surface area contributed by atoms with E-state index in [-0.39, 0.29) is 37.0 Å². The molecule has 0 radical (unpaired) electrons. The molecule has 194 valence electrons. The van der Waals surface area contributed by atoms with E-state index in [1.165, 1.54) is 11.3 Å². The van der Waals surface area contributed by atoms with Crippen molar-refractivity contribution in [1.29, 1.82) is 0 Å². The molecule has 2 aliphatic heterocycles. The van der Waals surface area contributed by atoms with Crippen LogP contribution in [0.3, 0.4) is 0 Å². The average molecular weight is 521 g/mol. The first-order chi connectivity index (χ1) is 18.1. The largest absolute Gasteiger partial charge is 0.494 e. The Morgan fingerprint density at radius 3 is 3.05 bits per heavy atom. The first kappa shape index (κ1) is 25.2. The van der Waals surface area contributed by atoms with Crippen molar-refractivity contribution in [2.24, 2.45) is 0 Å². The summed E-state index contributed by atoms with van der Waals surface area (Å²) in [4.78, 5) is 32.5. The highest BCUT2D eigenvalue weighted by Crippen LogP contribution is 2.30. The number of amides is 2. The lowest BCUT2D eigenvalue weighted by atomic mass is 9.92. The van der Waals surface area contributed by atoms with Gasteiger partial charge in [-0.1, -0.05) is 41.7 Å². The van der Waals surface area contributed by atoms with Crippen molar-refractivity contribution in [1.82, 2.24) is 15.2 Å². The van der Waals surface area contributed by atoms with Crippen LogP contribution in [0.1, 0.15) is 31.7 Å². The van der Waals surface area contributed by atoms with Crippen LogP contribution < -0.4 is 20.1 Å². The van der Waals surface area contributed by atoms with Crippen LogP contribution >= 0.6 is 11.3 Å². The van der Waals surface area contributed by atoms with Crippen LogP contribution in [0.15, 0.2) is 54.6 Å². The van der Waals surface area contributed by atoms with Crippen LogP contribution in [0.2, 0.25) is 0 Å². The van der Waals surface area contributed by atoms with Crippen molar-refractivity contribution < 1.29 is 19.1 Å². The van der Waals surface area contributed by atoms with E-state index in [0.29, 0.717) is 11.7 Å². The van der Waals surface area contributed by atoms with Gasteiger partial charge in [0.15, 0.2) is 11.7 Å². The molecular formula is C28H32N4O4S. The highest BCUT2D eigenvalue weighted by Gasteiger charge is 2.33. The zero-order valence-electron chi connectivity index (χ0n) is 20.9. The van der Waals surface area contributed by atoms with Gasteiger partial charge in [-0.3, -0.25) is 14.5 Å². The second-order valence-electron chi connectivity index (χ2n) is 9.29. The highest BCUT2D eigenvalue weighted by molar-refractivity contribution is 7.22. The fraction of sp³-hybridized carbons (Fsp3) is 0.393. The van der Waals surface area contributed by atoms with Crippen molar-refractivity contribution >= 4 is 38.5 Å². The smallest absolute Gasteiger partial charge is 0.258 e. The van der Waals surface area contributed by atoms with E-state index in [0.717, 1.165) is 59.5 Å². The SMILES string of the molecule is CCOc1ccc2nc(NC(=O)CN3CCC[C@H]4NC(=O)COc5ccccc5C/C=C/C[C@H]43)sc2c1. The summed E-state index contributed by atoms with van der Waals surface area (Å²) >= 11 is 1.44. The minimum atomic E-state index is -0.137. The number of piperidine rings is 1. The molecule has 3 aromatic rings. The third-order valence-corrected chi connectivity index (χ3v) is 7.65. The molecule has 1 aromatic heterocycles. The van der Waals surface area contributed by atoms with Crippen molar-refractivity contribution in [3.8, 4) is 11.5 Å². The van der Waals surface area contributed by atoms with Gasteiger partial charge in [0.2, 0.25) is 5.91 Å². The van der Waals surface area contributed by atoms with Gasteiger partial charge in [0.05, 0.1) is 23.4 Å². The molecule has 1 saturated heterocycles. The molecule has 3 heterocycles. The minimum Gasteiger partial charge on any atom is -0.494 e. The number of para-hydroxylation sites is 1. The Morgan fingerprint density at radius 2 is 2.16 bits per heavy atom. The molecule has 2 N–H and O–H groups in total. The molecule has 0 spiro atoms. The lowest BCUT2D eigenvalue weighted by molar-refractivity contribution is -0.124. The number of allylic oxidation sites excluding steroid dienone is 1. The Bertz CT molecular complexity index is 1290. The van der Waals surface area contributed by atoms with Crippen molar-refractivity contribution in [2.45, 2.75) is 44.7 Å². The van der Waals surface area contributed by atoms with Crippen LogP contribution in [0, 0.1) is 0 Å². The number of hydrogen-bond acceptors (Lipinski definition) is 7. The maximum atomic E-state index is 13.0. The van der Waals surface area contributed by atoms with Gasteiger partial charge in [0.1, 0.15) is 11.5 Å². The summed E-state index contributed by atoms with van der Waals surface area (Å²) in [5, 5.41) is 6.71. The number of hydrogen-bond donors (Lipinski definition) is 2. The molecule has 2 atom stereocenters. The summed E-state index contributed by atoms with van der Waals surface area (Å²) in [6.07, 6.45) is 7.57. The average Bonchev–Trinajstić information content (AvgIpc) is 3.28. The number of ether oxygens (including phenoxy) is 2. The second-order valence-corrected chi connectivity index (χ2v) is 10.3. The van der Waals surface area contributed by atoms with Crippen molar-refractivity contribution in [2.75, 3.05) is 31.6 Å². The van der Waals surface area contributed by atoms with Gasteiger partial charge in [-0.2, -0.15) is 0 Å². The van der Waals surface area contributed by atoms with Gasteiger partial charge >= 0.3 is 0 Å². The van der Waals surface area contributed by atoms with Gasteiger partial charge in [-0.15, -0.1) is 0 Å². The zero-order valence-corrected chi connectivity index (χ0v) is 21.8. The molecule has 1 fully saturated rings. The Hall–Kier alpha value is -3.43. The van der Waals surface area contributed by atoms with Gasteiger partial charge in [0.25, 0.3) is 5.91 Å². The normalized spacial score (nSPS) is 21.4. The number of nitrogens with one attached hydrogen (secondary N) is 2. The lowest BCUT2D eigenvalue weighted by Gasteiger charge is -2.41. The van der Waals surface area contributed by atoms with E-state index >= 15 is 0 Å². The number of likely N-dealkylation sites (tertiary alicyclic amines) is 1. The standard InChI is InChI=1S/C28H32N4O4S/c1-2-35-20-13-14-22-25(16-20)37-28(30-22)31-26(33)17-32-15-7-10-21-23(32)11-5-3-8-19-9-4-6-12-24(19)36-18-27(34)29-21/h3-6,9,12-14,16,21,23H,2,7-8,10-11,15,17-18H2,1H3,(H,29,34)(H,30,31,33)/b5-3+/t21-,23-/m1/s1. The zero-order chi connectivity index (χ0) is 25.6. The molecule has 2 aliphatic rings. The molecule has 0 unspecified atom stereocenters. The summed E-state index contributed by atoms with van der Waals surface area (Å²) < 4.78 is 12.4. The Labute approximate surface area is 220 Å². The first-order valence-electron chi connectivity index (χ1n) is 12.8. The number of carbonyl (C=O) groups excluding carboxylic acids is 2. The number of aromatic nitrogens is 1. The van der Waals surface area contributed by atoms with Gasteiger partial charge in [0, 0.05) is 12.1 Å². The molecule has 37 heavy (non-hydrogen) atoms. The summed E-state index contributed by atoms with van der Waals surface area (Å²) in [6, 6.07) is 13.5. The molecule has 8 nitrogen and oxygen atoms in total. The number of carbonyl (C=O) groups is 2. The fourth-order valence-electron chi connectivity index (χ4n) is 5.01. The highest BCUT2D eigenvalue weighted by atomic mass is 32.1. The van der Waals surface area contributed by atoms with E-state index in [1.807, 2.05) is 49.4 Å². The maximum absolute atomic E-state index is 13.0. The van der Waals surface area contributed by atoms with Crippen LogP contribution in [-0.2, 0) is 16.0 Å². The van der Waals surface area contributed by atoms with Gasteiger partial charge in [-0.05, 0) is 69.0 Å². The number of rotatable bonds is 5. The van der Waals surface area contributed by atoms with E-state index < -0.39 is 0 Å². The lowest BCUT2D eigenvalue weighted by Crippen LogP contribution is -2.57. The van der Waals surface area contributed by atoms with Crippen LogP contribution in [0.4, 0.5) is 5.13 Å². The minimum absolute atomic E-state index is 0.0208. The van der Waals surface area contributed by atoms with Gasteiger partial charge in [-0.25, -0.2) is 4.98 Å². The Balaban J connectivity index is 1.27. The summed E-state index contributed by atoms with van der Waals surface area (Å²) in [5.41, 5.74) is 1.88. The van der Waals surface area contributed by atoms with E-state index in [2.05, 4.69) is 32.7 Å². The summed E-state index contributed by atoms with van der Waals surface area (Å²) in [6.45, 7) is 3.57. The Morgan fingerprint density at radius 1 is 1.27 bits per heavy atom. The van der Waals surface area contributed by atoms with E-state index in [9.17, 15) is 9.59 Å². The van der Waals surface area contributed by atoms with Crippen molar-refractivity contribution in [3.63, 3.8) is 0 Å².